The molecule has 2 aromatic rings. The van der Waals surface area contributed by atoms with E-state index in [0.717, 1.165) is 6.92 Å². The summed E-state index contributed by atoms with van der Waals surface area (Å²) in [6.07, 6.45) is -0.123. The van der Waals surface area contributed by atoms with Crippen LogP contribution in [0.15, 0.2) is 47.4 Å². The lowest BCUT2D eigenvalue weighted by molar-refractivity contribution is -0.138. The molecular formula is C20H24N6O6S. The van der Waals surface area contributed by atoms with Crippen molar-refractivity contribution < 1.29 is 27.9 Å². The van der Waals surface area contributed by atoms with Crippen LogP contribution >= 0.6 is 0 Å². The number of nitrogens with one attached hydrogen (secondary N) is 4. The van der Waals surface area contributed by atoms with Crippen molar-refractivity contribution >= 4 is 45.0 Å². The van der Waals surface area contributed by atoms with Crippen molar-refractivity contribution in [2.45, 2.75) is 24.3 Å². The van der Waals surface area contributed by atoms with Crippen LogP contribution in [0.25, 0.3) is 0 Å². The lowest BCUT2D eigenvalue weighted by Gasteiger charge is -2.15. The number of hydrogen-bond donors (Lipinski definition) is 7. The fourth-order valence-corrected chi connectivity index (χ4v) is 3.99. The highest BCUT2D eigenvalue weighted by Gasteiger charge is 2.24. The molecule has 176 valence electrons. The summed E-state index contributed by atoms with van der Waals surface area (Å²) in [4.78, 5) is 34.9. The molecule has 0 fully saturated rings. The van der Waals surface area contributed by atoms with Crippen molar-refractivity contribution in [3.63, 3.8) is 0 Å². The number of amidine groups is 1. The molecule has 0 aliphatic carbocycles. The number of carboxylic acid groups (broad SMARTS) is 1. The summed E-state index contributed by atoms with van der Waals surface area (Å²) in [6, 6.07) is 8.59. The van der Waals surface area contributed by atoms with Gasteiger partial charge in [-0.2, -0.15) is 4.72 Å². The predicted molar refractivity (Wildman–Crippen MR) is 121 cm³/mol. The molecule has 0 saturated heterocycles. The van der Waals surface area contributed by atoms with Crippen LogP contribution in [0.4, 0.5) is 11.4 Å². The lowest BCUT2D eigenvalue weighted by Crippen LogP contribution is -2.38. The van der Waals surface area contributed by atoms with E-state index in [1.165, 1.54) is 42.5 Å². The van der Waals surface area contributed by atoms with Gasteiger partial charge in [-0.1, -0.05) is 18.2 Å². The van der Waals surface area contributed by atoms with Gasteiger partial charge >= 0.3 is 5.97 Å². The SMILES string of the molecule is C[C@H](NS(=O)(=O)c1cccc(NC(=O)CCNC(=O)c2ccc(C(=N)N)cc2)c1N)C(=O)O. The van der Waals surface area contributed by atoms with Crippen LogP contribution in [0.2, 0.25) is 0 Å². The smallest absolute Gasteiger partial charge is 0.321 e. The highest BCUT2D eigenvalue weighted by molar-refractivity contribution is 7.89. The van der Waals surface area contributed by atoms with Gasteiger partial charge in [-0.15, -0.1) is 0 Å². The second kappa shape index (κ2) is 10.6. The van der Waals surface area contributed by atoms with E-state index in [0.29, 0.717) is 11.1 Å². The second-order valence-electron chi connectivity index (χ2n) is 6.94. The summed E-state index contributed by atoms with van der Waals surface area (Å²) >= 11 is 0. The fraction of sp³-hybridized carbons (Fsp3) is 0.200. The molecule has 9 N–H and O–H groups in total. The van der Waals surface area contributed by atoms with Crippen molar-refractivity contribution in [2.75, 3.05) is 17.6 Å². The number of anilines is 2. The van der Waals surface area contributed by atoms with E-state index in [1.54, 1.807) is 0 Å². The molecule has 2 rings (SSSR count). The second-order valence-corrected chi connectivity index (χ2v) is 8.63. The Labute approximate surface area is 189 Å². The zero-order chi connectivity index (χ0) is 24.8. The monoisotopic (exact) mass is 476 g/mol. The minimum absolute atomic E-state index is 0.00526. The van der Waals surface area contributed by atoms with Crippen molar-refractivity contribution in [3.8, 4) is 0 Å². The summed E-state index contributed by atoms with van der Waals surface area (Å²) in [6.45, 7) is 1.16. The number of hydrogen-bond acceptors (Lipinski definition) is 7. The van der Waals surface area contributed by atoms with Gasteiger partial charge in [0.1, 0.15) is 16.8 Å². The Kier molecular flexibility index (Phi) is 8.10. The van der Waals surface area contributed by atoms with E-state index in [9.17, 15) is 22.8 Å². The van der Waals surface area contributed by atoms with Gasteiger partial charge in [0.15, 0.2) is 0 Å². The third-order valence-electron chi connectivity index (χ3n) is 4.43. The normalized spacial score (nSPS) is 11.9. The minimum Gasteiger partial charge on any atom is -0.480 e. The number of rotatable bonds is 10. The maximum Gasteiger partial charge on any atom is 0.321 e. The Bertz CT molecular complexity index is 1180. The van der Waals surface area contributed by atoms with Crippen molar-refractivity contribution in [2.24, 2.45) is 5.73 Å². The van der Waals surface area contributed by atoms with Gasteiger partial charge in [-0.3, -0.25) is 19.8 Å². The molecule has 2 aromatic carbocycles. The highest BCUT2D eigenvalue weighted by Crippen LogP contribution is 2.26. The molecule has 0 aliphatic heterocycles. The number of aliphatic carboxylic acids is 1. The first-order chi connectivity index (χ1) is 15.4. The first kappa shape index (κ1) is 25.3. The Balaban J connectivity index is 1.97. The van der Waals surface area contributed by atoms with E-state index < -0.39 is 33.8 Å². The van der Waals surface area contributed by atoms with E-state index in [-0.39, 0.29) is 35.1 Å². The number of sulfonamides is 1. The predicted octanol–water partition coefficient (Wildman–Crippen LogP) is 0.0629. The number of nitrogens with two attached hydrogens (primary N) is 2. The van der Waals surface area contributed by atoms with E-state index in [1.807, 2.05) is 4.72 Å². The standard InChI is InChI=1S/C20H24N6O6S/c1-11(20(29)30)26-33(31,32)15-4-2-3-14(17(15)21)25-16(27)9-10-24-19(28)13-7-5-12(6-8-13)18(22)23/h2-8,11,26H,9-10,21H2,1H3,(H3,22,23)(H,24,28)(H,25,27)(H,29,30)/t11-/m0/s1. The Hall–Kier alpha value is -3.97. The third-order valence-corrected chi connectivity index (χ3v) is 6.03. The number of nitrogen functional groups attached to an aromatic ring is 2. The molecule has 0 heterocycles. The third kappa shape index (κ3) is 6.75. The number of carbonyl (C=O) groups excluding carboxylic acids is 2. The van der Waals surface area contributed by atoms with Crippen LogP contribution in [0, 0.1) is 5.41 Å². The van der Waals surface area contributed by atoms with Crippen molar-refractivity contribution in [3.05, 3.63) is 53.6 Å². The van der Waals surface area contributed by atoms with Gasteiger partial charge in [0.25, 0.3) is 5.91 Å². The Morgan fingerprint density at radius 1 is 1.09 bits per heavy atom. The number of carbonyl (C=O) groups is 3. The summed E-state index contributed by atoms with van der Waals surface area (Å²) < 4.78 is 26.8. The topological polar surface area (TPSA) is 218 Å². The van der Waals surface area contributed by atoms with Crippen LogP contribution in [0.1, 0.15) is 29.3 Å². The van der Waals surface area contributed by atoms with Crippen LogP contribution in [-0.4, -0.2) is 49.7 Å². The quantitative estimate of drug-likeness (QED) is 0.141. The minimum atomic E-state index is -4.25. The van der Waals surface area contributed by atoms with Gasteiger partial charge in [0.05, 0.1) is 11.4 Å². The van der Waals surface area contributed by atoms with Crippen LogP contribution in [0.5, 0.6) is 0 Å². The first-order valence-corrected chi connectivity index (χ1v) is 11.1. The molecule has 0 unspecified atom stereocenters. The Morgan fingerprint density at radius 2 is 1.70 bits per heavy atom. The Morgan fingerprint density at radius 3 is 2.27 bits per heavy atom. The van der Waals surface area contributed by atoms with Gasteiger partial charge in [0.2, 0.25) is 15.9 Å². The van der Waals surface area contributed by atoms with Gasteiger partial charge in [0, 0.05) is 24.1 Å². The number of para-hydroxylation sites is 1. The van der Waals surface area contributed by atoms with Crippen LogP contribution in [0.3, 0.4) is 0 Å². The molecular weight excluding hydrogens is 452 g/mol. The van der Waals surface area contributed by atoms with E-state index >= 15 is 0 Å². The summed E-state index contributed by atoms with van der Waals surface area (Å²) in [5.74, 6) is -2.44. The molecule has 0 radical (unpaired) electrons. The van der Waals surface area contributed by atoms with E-state index in [4.69, 9.17) is 22.0 Å². The van der Waals surface area contributed by atoms with E-state index in [2.05, 4.69) is 10.6 Å². The lowest BCUT2D eigenvalue weighted by atomic mass is 10.1. The first-order valence-electron chi connectivity index (χ1n) is 9.58. The van der Waals surface area contributed by atoms with Crippen LogP contribution < -0.4 is 26.8 Å². The molecule has 13 heteroatoms. The number of amides is 2. The molecule has 0 saturated carbocycles. The molecule has 0 aliphatic rings. The maximum atomic E-state index is 12.4. The summed E-state index contributed by atoms with van der Waals surface area (Å²) in [5.41, 5.74) is 11.8. The molecule has 2 amide bonds. The summed E-state index contributed by atoms with van der Waals surface area (Å²) in [5, 5.41) is 21.3. The van der Waals surface area contributed by atoms with Crippen LogP contribution in [-0.2, 0) is 19.6 Å². The maximum absolute atomic E-state index is 12.4. The number of benzene rings is 2. The molecule has 33 heavy (non-hydrogen) atoms. The average molecular weight is 477 g/mol. The van der Waals surface area contributed by atoms with Gasteiger partial charge in [-0.05, 0) is 31.2 Å². The molecule has 0 spiro atoms. The highest BCUT2D eigenvalue weighted by atomic mass is 32.2. The summed E-state index contributed by atoms with van der Waals surface area (Å²) in [7, 11) is -4.25. The molecule has 1 atom stereocenters. The largest absolute Gasteiger partial charge is 0.480 e. The molecule has 12 nitrogen and oxygen atoms in total. The molecule has 0 bridgehead atoms. The zero-order valence-electron chi connectivity index (χ0n) is 17.6. The zero-order valence-corrected chi connectivity index (χ0v) is 18.4. The number of carboxylic acids is 1. The van der Waals surface area contributed by atoms with Crippen molar-refractivity contribution in [1.82, 2.24) is 10.0 Å². The average Bonchev–Trinajstić information content (AvgIpc) is 2.74. The van der Waals surface area contributed by atoms with Gasteiger partial charge < -0.3 is 27.2 Å². The molecule has 0 aromatic heterocycles. The van der Waals surface area contributed by atoms with Gasteiger partial charge in [-0.25, -0.2) is 8.42 Å². The van der Waals surface area contributed by atoms with Crippen molar-refractivity contribution in [1.29, 1.82) is 5.41 Å². The fourth-order valence-electron chi connectivity index (χ4n) is 2.64.